The van der Waals surface area contributed by atoms with Gasteiger partial charge in [-0.1, -0.05) is 6.92 Å². The zero-order valence-electron chi connectivity index (χ0n) is 19.2. The van der Waals surface area contributed by atoms with E-state index in [4.69, 9.17) is 4.74 Å². The second-order valence-electron chi connectivity index (χ2n) is 9.40. The molecule has 3 atom stereocenters. The second-order valence-corrected chi connectivity index (χ2v) is 9.40. The Morgan fingerprint density at radius 2 is 1.82 bits per heavy atom. The van der Waals surface area contributed by atoms with Crippen molar-refractivity contribution in [2.24, 2.45) is 11.8 Å². The minimum Gasteiger partial charge on any atom is -0.381 e. The number of aromatic nitrogens is 2. The molecule has 2 aliphatic heterocycles. The summed E-state index contributed by atoms with van der Waals surface area (Å²) in [6.45, 7) is 5.15. The lowest BCUT2D eigenvalue weighted by Crippen LogP contribution is -2.51. The van der Waals surface area contributed by atoms with Gasteiger partial charge in [0.25, 0.3) is 5.91 Å². The summed E-state index contributed by atoms with van der Waals surface area (Å²) in [5.74, 6) is 1.11. The van der Waals surface area contributed by atoms with E-state index in [0.717, 1.165) is 36.9 Å². The van der Waals surface area contributed by atoms with E-state index in [0.29, 0.717) is 30.6 Å². The third-order valence-electron chi connectivity index (χ3n) is 7.10. The average Bonchev–Trinajstić information content (AvgIpc) is 3.66. The van der Waals surface area contributed by atoms with Gasteiger partial charge in [0.2, 0.25) is 11.9 Å². The molecular formula is C25H31N5O3. The summed E-state index contributed by atoms with van der Waals surface area (Å²) in [5, 5.41) is 6.64. The van der Waals surface area contributed by atoms with Crippen LogP contribution in [0.15, 0.2) is 36.7 Å². The van der Waals surface area contributed by atoms with E-state index in [9.17, 15) is 9.59 Å². The Bertz CT molecular complexity index is 1020. The van der Waals surface area contributed by atoms with Crippen molar-refractivity contribution in [3.05, 3.63) is 47.8 Å². The molecule has 33 heavy (non-hydrogen) atoms. The van der Waals surface area contributed by atoms with Crippen LogP contribution < -0.4 is 15.5 Å². The summed E-state index contributed by atoms with van der Waals surface area (Å²) in [4.78, 5) is 36.5. The molecular weight excluding hydrogens is 418 g/mol. The fourth-order valence-electron chi connectivity index (χ4n) is 5.33. The van der Waals surface area contributed by atoms with Gasteiger partial charge < -0.3 is 20.3 Å². The Morgan fingerprint density at radius 3 is 2.48 bits per heavy atom. The monoisotopic (exact) mass is 449 g/mol. The number of hydrogen-bond donors (Lipinski definition) is 2. The van der Waals surface area contributed by atoms with Crippen LogP contribution in [0.4, 0.5) is 11.6 Å². The minimum absolute atomic E-state index is 0.0359. The summed E-state index contributed by atoms with van der Waals surface area (Å²) >= 11 is 0. The highest BCUT2D eigenvalue weighted by atomic mass is 16.5. The zero-order chi connectivity index (χ0) is 22.9. The molecule has 0 unspecified atom stereocenters. The second kappa shape index (κ2) is 9.09. The normalized spacial score (nSPS) is 25.3. The number of ether oxygens (including phenoxy) is 1. The molecule has 8 heteroatoms. The van der Waals surface area contributed by atoms with Gasteiger partial charge in [-0.15, -0.1) is 0 Å². The zero-order valence-corrected chi connectivity index (χ0v) is 19.2. The molecule has 1 aromatic heterocycles. The predicted octanol–water partition coefficient (Wildman–Crippen LogP) is 3.32. The SMILES string of the molecule is CC(=O)N1c2ccc(C(=O)NC3CCOCC3)cc2[C@H](Nc2ncccn2)[C@@H](C)[C@@H]1C1CC1. The van der Waals surface area contributed by atoms with E-state index in [1.807, 2.05) is 23.1 Å². The average molecular weight is 450 g/mol. The minimum atomic E-state index is -0.112. The Labute approximate surface area is 194 Å². The van der Waals surface area contributed by atoms with Crippen molar-refractivity contribution in [3.8, 4) is 0 Å². The number of hydrogen-bond acceptors (Lipinski definition) is 6. The van der Waals surface area contributed by atoms with Crippen molar-refractivity contribution in [2.45, 2.75) is 57.7 Å². The van der Waals surface area contributed by atoms with E-state index in [-0.39, 0.29) is 35.9 Å². The first-order valence-electron chi connectivity index (χ1n) is 11.9. The van der Waals surface area contributed by atoms with Crippen LogP contribution in [-0.4, -0.2) is 47.1 Å². The van der Waals surface area contributed by atoms with Gasteiger partial charge in [-0.05, 0) is 61.4 Å². The highest BCUT2D eigenvalue weighted by molar-refractivity contribution is 5.98. The van der Waals surface area contributed by atoms with Gasteiger partial charge >= 0.3 is 0 Å². The molecule has 1 saturated carbocycles. The highest BCUT2D eigenvalue weighted by Crippen LogP contribution is 2.50. The first-order chi connectivity index (χ1) is 16.0. The Balaban J connectivity index is 1.51. The third-order valence-corrected chi connectivity index (χ3v) is 7.10. The molecule has 2 amide bonds. The third kappa shape index (κ3) is 4.44. The molecule has 8 nitrogen and oxygen atoms in total. The van der Waals surface area contributed by atoms with Crippen LogP contribution in [0.2, 0.25) is 0 Å². The lowest BCUT2D eigenvalue weighted by molar-refractivity contribution is -0.117. The number of amides is 2. The van der Waals surface area contributed by atoms with Crippen molar-refractivity contribution in [1.29, 1.82) is 0 Å². The van der Waals surface area contributed by atoms with E-state index in [1.165, 1.54) is 0 Å². The topological polar surface area (TPSA) is 96.5 Å². The van der Waals surface area contributed by atoms with Crippen LogP contribution >= 0.6 is 0 Å². The van der Waals surface area contributed by atoms with Crippen LogP contribution in [0.5, 0.6) is 0 Å². The van der Waals surface area contributed by atoms with Crippen LogP contribution in [-0.2, 0) is 9.53 Å². The predicted molar refractivity (Wildman–Crippen MR) is 125 cm³/mol. The molecule has 0 spiro atoms. The van der Waals surface area contributed by atoms with Gasteiger partial charge in [0, 0.05) is 61.8 Å². The molecule has 1 aromatic carbocycles. The molecule has 5 rings (SSSR count). The lowest BCUT2D eigenvalue weighted by Gasteiger charge is -2.45. The summed E-state index contributed by atoms with van der Waals surface area (Å²) in [6, 6.07) is 7.60. The van der Waals surface area contributed by atoms with Gasteiger partial charge in [0.05, 0.1) is 6.04 Å². The Kier molecular flexibility index (Phi) is 6.01. The summed E-state index contributed by atoms with van der Waals surface area (Å²) in [6.07, 6.45) is 7.33. The molecule has 3 aliphatic rings. The number of rotatable bonds is 5. The molecule has 0 radical (unpaired) electrons. The van der Waals surface area contributed by atoms with Gasteiger partial charge in [0.1, 0.15) is 0 Å². The smallest absolute Gasteiger partial charge is 0.251 e. The van der Waals surface area contributed by atoms with Crippen molar-refractivity contribution in [3.63, 3.8) is 0 Å². The molecule has 2 aromatic rings. The van der Waals surface area contributed by atoms with Crippen LogP contribution in [0.3, 0.4) is 0 Å². The van der Waals surface area contributed by atoms with Gasteiger partial charge in [0.15, 0.2) is 0 Å². The maximum Gasteiger partial charge on any atom is 0.251 e. The first kappa shape index (κ1) is 21.8. The number of nitrogens with zero attached hydrogens (tertiary/aromatic N) is 3. The van der Waals surface area contributed by atoms with Crippen molar-refractivity contribution in [1.82, 2.24) is 15.3 Å². The Morgan fingerprint density at radius 1 is 1.09 bits per heavy atom. The number of nitrogens with one attached hydrogen (secondary N) is 2. The molecule has 1 aliphatic carbocycles. The first-order valence-corrected chi connectivity index (χ1v) is 11.9. The van der Waals surface area contributed by atoms with Crippen LogP contribution in [0.25, 0.3) is 0 Å². The fraction of sp³-hybridized carbons (Fsp3) is 0.520. The van der Waals surface area contributed by atoms with Gasteiger partial charge in [-0.25, -0.2) is 9.97 Å². The highest BCUT2D eigenvalue weighted by Gasteiger charge is 2.47. The lowest BCUT2D eigenvalue weighted by atomic mass is 9.79. The number of benzene rings is 1. The molecule has 3 heterocycles. The van der Waals surface area contributed by atoms with E-state index in [1.54, 1.807) is 25.4 Å². The largest absolute Gasteiger partial charge is 0.381 e. The van der Waals surface area contributed by atoms with Crippen LogP contribution in [0, 0.1) is 11.8 Å². The summed E-state index contributed by atoms with van der Waals surface area (Å²) < 4.78 is 5.40. The van der Waals surface area contributed by atoms with E-state index in [2.05, 4.69) is 27.5 Å². The molecule has 2 fully saturated rings. The standard InChI is InChI=1S/C25H31N5O3/c1-15-22(29-25-26-10-3-11-27-25)20-14-18(24(32)28-19-8-12-33-13-9-19)6-7-21(20)30(16(2)31)23(15)17-4-5-17/h3,6-7,10-11,14-15,17,19,22-23H,4-5,8-9,12-13H2,1-2H3,(H,28,32)(H,26,27,29)/t15-,22-,23-/m1/s1. The quantitative estimate of drug-likeness (QED) is 0.727. The number of fused-ring (bicyclic) bond motifs is 1. The summed E-state index contributed by atoms with van der Waals surface area (Å²) in [5.41, 5.74) is 2.40. The number of carbonyl (C=O) groups excluding carboxylic acids is 2. The maximum absolute atomic E-state index is 13.1. The fourth-order valence-corrected chi connectivity index (χ4v) is 5.33. The van der Waals surface area contributed by atoms with Gasteiger partial charge in [-0.3, -0.25) is 9.59 Å². The van der Waals surface area contributed by atoms with E-state index < -0.39 is 0 Å². The summed E-state index contributed by atoms with van der Waals surface area (Å²) in [7, 11) is 0. The van der Waals surface area contributed by atoms with Crippen molar-refractivity contribution in [2.75, 3.05) is 23.4 Å². The van der Waals surface area contributed by atoms with Crippen molar-refractivity contribution < 1.29 is 14.3 Å². The van der Waals surface area contributed by atoms with Crippen LogP contribution in [0.1, 0.15) is 61.5 Å². The Hall–Kier alpha value is -3.00. The molecule has 174 valence electrons. The van der Waals surface area contributed by atoms with Gasteiger partial charge in [-0.2, -0.15) is 0 Å². The molecule has 1 saturated heterocycles. The number of anilines is 2. The molecule has 2 N–H and O–H groups in total. The maximum atomic E-state index is 13.1. The van der Waals surface area contributed by atoms with E-state index >= 15 is 0 Å². The molecule has 0 bridgehead atoms. The number of carbonyl (C=O) groups is 2. The van der Waals surface area contributed by atoms with Crippen molar-refractivity contribution >= 4 is 23.5 Å².